The number of benzene rings is 2. The van der Waals surface area contributed by atoms with Crippen molar-refractivity contribution in [3.05, 3.63) is 72.1 Å². The van der Waals surface area contributed by atoms with E-state index in [0.717, 1.165) is 54.6 Å². The highest BCUT2D eigenvalue weighted by molar-refractivity contribution is 5.95. The number of carbonyl (C=O) groups is 3. The smallest absolute Gasteiger partial charge is 0.410 e. The molecule has 1 atom stereocenters. The molecular formula is C35H44N6O4. The summed E-state index contributed by atoms with van der Waals surface area (Å²) in [6, 6.07) is 16.5. The lowest BCUT2D eigenvalue weighted by molar-refractivity contribution is -0.137. The van der Waals surface area contributed by atoms with E-state index < -0.39 is 5.60 Å². The van der Waals surface area contributed by atoms with Crippen molar-refractivity contribution >= 4 is 23.6 Å². The second kappa shape index (κ2) is 12.9. The number of hydrogen-bond acceptors (Lipinski definition) is 6. The van der Waals surface area contributed by atoms with Gasteiger partial charge in [-0.2, -0.15) is 5.10 Å². The number of aromatic amines is 1. The highest BCUT2D eigenvalue weighted by atomic mass is 16.6. The highest BCUT2D eigenvalue weighted by Crippen LogP contribution is 2.33. The molecule has 2 aromatic carbocycles. The Hall–Kier alpha value is -4.34. The van der Waals surface area contributed by atoms with Gasteiger partial charge in [-0.15, -0.1) is 0 Å². The molecule has 3 fully saturated rings. The Kier molecular flexibility index (Phi) is 8.83. The number of anilines is 1. The first kappa shape index (κ1) is 30.7. The van der Waals surface area contributed by atoms with E-state index >= 15 is 0 Å². The molecule has 1 N–H and O–H groups in total. The van der Waals surface area contributed by atoms with Gasteiger partial charge in [0.05, 0.1) is 12.1 Å². The van der Waals surface area contributed by atoms with Crippen LogP contribution < -0.4 is 4.90 Å². The van der Waals surface area contributed by atoms with Crippen molar-refractivity contribution in [1.29, 1.82) is 0 Å². The molecule has 10 heteroatoms. The fraction of sp³-hybridized carbons (Fsp3) is 0.486. The van der Waals surface area contributed by atoms with E-state index in [1.165, 1.54) is 0 Å². The normalized spacial score (nSPS) is 18.9. The highest BCUT2D eigenvalue weighted by Gasteiger charge is 2.37. The molecule has 238 valence electrons. The van der Waals surface area contributed by atoms with Crippen molar-refractivity contribution in [1.82, 2.24) is 24.9 Å². The molecule has 1 aliphatic carbocycles. The maximum atomic E-state index is 13.9. The lowest BCUT2D eigenvalue weighted by Gasteiger charge is -2.37. The minimum Gasteiger partial charge on any atom is -0.444 e. The van der Waals surface area contributed by atoms with Crippen LogP contribution in [0.3, 0.4) is 0 Å². The van der Waals surface area contributed by atoms with Crippen LogP contribution in [-0.2, 0) is 16.1 Å². The molecule has 1 aromatic heterocycles. The number of aromatic nitrogens is 2. The molecule has 0 unspecified atom stereocenters. The van der Waals surface area contributed by atoms with E-state index in [0.29, 0.717) is 50.9 Å². The van der Waals surface area contributed by atoms with Crippen molar-refractivity contribution in [3.63, 3.8) is 0 Å². The molecule has 3 aliphatic rings. The summed E-state index contributed by atoms with van der Waals surface area (Å²) in [5, 5.41) is 6.90. The molecule has 2 saturated heterocycles. The van der Waals surface area contributed by atoms with Gasteiger partial charge in [0, 0.05) is 74.9 Å². The van der Waals surface area contributed by atoms with Gasteiger partial charge in [-0.05, 0) is 75.8 Å². The minimum absolute atomic E-state index is 0.0379. The predicted octanol–water partition coefficient (Wildman–Crippen LogP) is 5.18. The molecule has 0 radical (unpaired) electrons. The minimum atomic E-state index is -0.549. The van der Waals surface area contributed by atoms with Crippen LogP contribution in [0.25, 0.3) is 11.1 Å². The summed E-state index contributed by atoms with van der Waals surface area (Å²) in [5.41, 5.74) is 4.33. The zero-order chi connectivity index (χ0) is 31.6. The zero-order valence-electron chi connectivity index (χ0n) is 26.6. The molecule has 10 nitrogen and oxygen atoms in total. The summed E-state index contributed by atoms with van der Waals surface area (Å²) in [7, 11) is 0. The van der Waals surface area contributed by atoms with Gasteiger partial charge in [0.1, 0.15) is 5.60 Å². The Labute approximate surface area is 265 Å². The number of rotatable bonds is 7. The fourth-order valence-corrected chi connectivity index (χ4v) is 6.27. The van der Waals surface area contributed by atoms with Crippen molar-refractivity contribution in [3.8, 4) is 11.1 Å². The van der Waals surface area contributed by atoms with E-state index in [2.05, 4.69) is 44.3 Å². The molecule has 3 heterocycles. The second-order valence-corrected chi connectivity index (χ2v) is 13.5. The average molecular weight is 613 g/mol. The van der Waals surface area contributed by atoms with E-state index in [1.54, 1.807) is 9.80 Å². The Morgan fingerprint density at radius 3 is 2.33 bits per heavy atom. The van der Waals surface area contributed by atoms with Gasteiger partial charge < -0.3 is 24.3 Å². The molecular weight excluding hydrogens is 568 g/mol. The summed E-state index contributed by atoms with van der Waals surface area (Å²) < 4.78 is 5.49. The SMILES string of the molecule is CC(C)(C)OC(=O)N1CCN(C(=O)c2cccc(N3CCC[C@@H](C(=O)N(Cc4ccc(-c5cn[nH]c5)cc4)C4CC4)C3)c2)CC1. The zero-order valence-corrected chi connectivity index (χ0v) is 26.6. The van der Waals surface area contributed by atoms with Crippen molar-refractivity contribution in [2.24, 2.45) is 5.92 Å². The molecule has 1 saturated carbocycles. The number of ether oxygens (including phenoxy) is 1. The predicted molar refractivity (Wildman–Crippen MR) is 173 cm³/mol. The lowest BCUT2D eigenvalue weighted by atomic mass is 9.95. The first-order chi connectivity index (χ1) is 21.6. The molecule has 0 bridgehead atoms. The van der Waals surface area contributed by atoms with Crippen LogP contribution in [0.15, 0.2) is 60.9 Å². The summed E-state index contributed by atoms with van der Waals surface area (Å²) in [4.78, 5) is 47.7. The van der Waals surface area contributed by atoms with E-state index in [4.69, 9.17) is 4.74 Å². The Bertz CT molecular complexity index is 1490. The standard InChI is InChI=1S/C35H44N6O4/c1-35(2,3)45-34(44)39-18-16-38(17-19-39)32(42)27-6-4-8-31(20-27)40-15-5-7-28(24-40)33(43)41(30-13-14-30)23-25-9-11-26(12-10-25)29-21-36-37-22-29/h4,6,8-12,20-22,28,30H,5,7,13-19,23-24H2,1-3H3,(H,36,37)/t28-/m1/s1. The Morgan fingerprint density at radius 2 is 1.67 bits per heavy atom. The lowest BCUT2D eigenvalue weighted by Crippen LogP contribution is -2.51. The summed E-state index contributed by atoms with van der Waals surface area (Å²) in [6.45, 7) is 9.50. The first-order valence-corrected chi connectivity index (χ1v) is 16.2. The summed E-state index contributed by atoms with van der Waals surface area (Å²) in [6.07, 6.45) is 7.28. The third-order valence-corrected chi connectivity index (χ3v) is 8.86. The number of piperazine rings is 1. The Balaban J connectivity index is 1.07. The third-order valence-electron chi connectivity index (χ3n) is 8.86. The van der Waals surface area contributed by atoms with Gasteiger partial charge in [-0.1, -0.05) is 30.3 Å². The molecule has 45 heavy (non-hydrogen) atoms. The molecule has 3 amide bonds. The fourth-order valence-electron chi connectivity index (χ4n) is 6.27. The van der Waals surface area contributed by atoms with Crippen LogP contribution in [0, 0.1) is 5.92 Å². The largest absolute Gasteiger partial charge is 0.444 e. The number of nitrogens with zero attached hydrogens (tertiary/aromatic N) is 5. The van der Waals surface area contributed by atoms with Crippen molar-refractivity contribution in [2.45, 2.75) is 64.6 Å². The van der Waals surface area contributed by atoms with Gasteiger partial charge in [-0.3, -0.25) is 14.7 Å². The maximum Gasteiger partial charge on any atom is 0.410 e. The van der Waals surface area contributed by atoms with Gasteiger partial charge >= 0.3 is 6.09 Å². The molecule has 3 aromatic rings. The van der Waals surface area contributed by atoms with Crippen LogP contribution in [-0.4, -0.2) is 93.7 Å². The molecule has 2 aliphatic heterocycles. The van der Waals surface area contributed by atoms with Gasteiger partial charge in [0.15, 0.2) is 0 Å². The average Bonchev–Trinajstić information content (AvgIpc) is 3.74. The van der Waals surface area contributed by atoms with Crippen molar-refractivity contribution < 1.29 is 19.1 Å². The van der Waals surface area contributed by atoms with Crippen LogP contribution >= 0.6 is 0 Å². The van der Waals surface area contributed by atoms with Crippen LogP contribution in [0.1, 0.15) is 62.4 Å². The maximum absolute atomic E-state index is 13.9. The molecule has 6 rings (SSSR count). The van der Waals surface area contributed by atoms with E-state index in [1.807, 2.05) is 57.4 Å². The second-order valence-electron chi connectivity index (χ2n) is 13.5. The number of carbonyl (C=O) groups excluding carboxylic acids is 3. The first-order valence-electron chi connectivity index (χ1n) is 16.2. The van der Waals surface area contributed by atoms with Gasteiger partial charge in [0.2, 0.25) is 5.91 Å². The van der Waals surface area contributed by atoms with Gasteiger partial charge in [0.25, 0.3) is 5.91 Å². The van der Waals surface area contributed by atoms with Crippen LogP contribution in [0.5, 0.6) is 0 Å². The third kappa shape index (κ3) is 7.49. The number of piperidine rings is 1. The summed E-state index contributed by atoms with van der Waals surface area (Å²) in [5.74, 6) is 0.116. The Morgan fingerprint density at radius 1 is 0.933 bits per heavy atom. The monoisotopic (exact) mass is 612 g/mol. The van der Waals surface area contributed by atoms with Crippen LogP contribution in [0.2, 0.25) is 0 Å². The molecule has 0 spiro atoms. The van der Waals surface area contributed by atoms with Gasteiger partial charge in [-0.25, -0.2) is 4.79 Å². The van der Waals surface area contributed by atoms with E-state index in [-0.39, 0.29) is 23.8 Å². The summed E-state index contributed by atoms with van der Waals surface area (Å²) >= 11 is 0. The topological polar surface area (TPSA) is 102 Å². The number of hydrogen-bond donors (Lipinski definition) is 1. The quantitative estimate of drug-likeness (QED) is 0.395. The number of amides is 3. The van der Waals surface area contributed by atoms with E-state index in [9.17, 15) is 14.4 Å². The number of nitrogens with one attached hydrogen (secondary N) is 1. The number of H-pyrrole nitrogens is 1. The van der Waals surface area contributed by atoms with Crippen LogP contribution in [0.4, 0.5) is 10.5 Å². The van der Waals surface area contributed by atoms with Crippen molar-refractivity contribution in [2.75, 3.05) is 44.2 Å².